The van der Waals surface area contributed by atoms with E-state index in [1.807, 2.05) is 24.3 Å². The lowest BCUT2D eigenvalue weighted by atomic mass is 9.84. The number of aromatic hydroxyl groups is 2. The van der Waals surface area contributed by atoms with E-state index in [-0.39, 0.29) is 12.0 Å². The molecule has 0 aliphatic heterocycles. The Kier molecular flexibility index (Phi) is 6.79. The molecule has 3 aliphatic rings. The average Bonchev–Trinajstić information content (AvgIpc) is 3.05. The van der Waals surface area contributed by atoms with Crippen molar-refractivity contribution in [3.63, 3.8) is 0 Å². The van der Waals surface area contributed by atoms with Gasteiger partial charge in [-0.1, -0.05) is 79.3 Å². The van der Waals surface area contributed by atoms with Crippen LogP contribution in [-0.4, -0.2) is 10.2 Å². The third-order valence-corrected chi connectivity index (χ3v) is 7.61. The van der Waals surface area contributed by atoms with Gasteiger partial charge in [-0.25, -0.2) is 0 Å². The number of phenolic OH excluding ortho intramolecular Hbond substituents is 2. The van der Waals surface area contributed by atoms with Crippen molar-refractivity contribution in [2.45, 2.75) is 56.9 Å². The van der Waals surface area contributed by atoms with Crippen molar-refractivity contribution in [2.24, 2.45) is 11.7 Å². The molecule has 6 rings (SSSR count). The van der Waals surface area contributed by atoms with Gasteiger partial charge in [-0.05, 0) is 90.0 Å². The van der Waals surface area contributed by atoms with Crippen LogP contribution < -0.4 is 5.73 Å². The number of nitrogens with two attached hydrogens (primary N) is 1. The van der Waals surface area contributed by atoms with Crippen LogP contribution >= 0.6 is 0 Å². The van der Waals surface area contributed by atoms with Crippen LogP contribution in [0.1, 0.15) is 71.9 Å². The highest BCUT2D eigenvalue weighted by Crippen LogP contribution is 2.42. The molecule has 3 aliphatic carbocycles. The molecular weight excluding hydrogens is 430 g/mol. The second-order valence-electron chi connectivity index (χ2n) is 10.5. The van der Waals surface area contributed by atoms with Gasteiger partial charge in [0, 0.05) is 12.0 Å². The second-order valence-corrected chi connectivity index (χ2v) is 10.5. The molecule has 3 heteroatoms. The van der Waals surface area contributed by atoms with Crippen molar-refractivity contribution in [2.75, 3.05) is 0 Å². The van der Waals surface area contributed by atoms with Gasteiger partial charge in [0.2, 0.25) is 0 Å². The molecule has 0 spiro atoms. The summed E-state index contributed by atoms with van der Waals surface area (Å²) in [5.41, 5.74) is 13.6. The summed E-state index contributed by atoms with van der Waals surface area (Å²) >= 11 is 0. The maximum atomic E-state index is 10.4. The van der Waals surface area contributed by atoms with Crippen LogP contribution in [0.3, 0.4) is 0 Å². The topological polar surface area (TPSA) is 66.5 Å². The van der Waals surface area contributed by atoms with Crippen LogP contribution in [0.2, 0.25) is 0 Å². The van der Waals surface area contributed by atoms with Crippen molar-refractivity contribution in [1.82, 2.24) is 0 Å². The van der Waals surface area contributed by atoms with Gasteiger partial charge in [-0.3, -0.25) is 0 Å². The monoisotopic (exact) mass is 465 g/mol. The summed E-state index contributed by atoms with van der Waals surface area (Å²) in [4.78, 5) is 0. The lowest BCUT2D eigenvalue weighted by Crippen LogP contribution is -2.12. The van der Waals surface area contributed by atoms with Crippen molar-refractivity contribution in [3.05, 3.63) is 118 Å². The molecule has 3 aromatic carbocycles. The quantitative estimate of drug-likeness (QED) is 0.350. The van der Waals surface area contributed by atoms with Gasteiger partial charge < -0.3 is 15.9 Å². The van der Waals surface area contributed by atoms with Gasteiger partial charge in [0.15, 0.2) is 0 Å². The summed E-state index contributed by atoms with van der Waals surface area (Å²) in [6.45, 7) is 2.27. The Bertz CT molecular complexity index is 1240. The first-order valence-electron chi connectivity index (χ1n) is 12.8. The van der Waals surface area contributed by atoms with Crippen LogP contribution in [0, 0.1) is 5.92 Å². The normalized spacial score (nSPS) is 22.0. The zero-order chi connectivity index (χ0) is 24.4. The van der Waals surface area contributed by atoms with Gasteiger partial charge >= 0.3 is 0 Å². The van der Waals surface area contributed by atoms with Crippen LogP contribution in [-0.2, 0) is 12.8 Å². The Morgan fingerprint density at radius 1 is 0.914 bits per heavy atom. The molecule has 0 aromatic heterocycles. The molecule has 4 unspecified atom stereocenters. The Hall–Kier alpha value is -3.30. The third-order valence-electron chi connectivity index (χ3n) is 7.61. The fourth-order valence-electron chi connectivity index (χ4n) is 5.71. The van der Waals surface area contributed by atoms with Crippen molar-refractivity contribution < 1.29 is 10.2 Å². The van der Waals surface area contributed by atoms with Gasteiger partial charge in [-0.2, -0.15) is 0 Å². The first-order chi connectivity index (χ1) is 16.9. The molecule has 3 aromatic rings. The zero-order valence-electron chi connectivity index (χ0n) is 20.4. The fraction of sp³-hybridized carbons (Fsp3) is 0.312. The molecule has 4 atom stereocenters. The van der Waals surface area contributed by atoms with Crippen LogP contribution in [0.5, 0.6) is 11.5 Å². The van der Waals surface area contributed by atoms with Gasteiger partial charge in [0.1, 0.15) is 11.5 Å². The molecule has 0 saturated carbocycles. The number of rotatable bonds is 7. The Morgan fingerprint density at radius 3 is 2.40 bits per heavy atom. The summed E-state index contributed by atoms with van der Waals surface area (Å²) in [5.74, 6) is 1.89. The van der Waals surface area contributed by atoms with Gasteiger partial charge in [0.05, 0.1) is 0 Å². The minimum atomic E-state index is -0.0135. The summed E-state index contributed by atoms with van der Waals surface area (Å²) in [6.07, 6.45) is 11.7. The van der Waals surface area contributed by atoms with E-state index < -0.39 is 0 Å². The van der Waals surface area contributed by atoms with E-state index >= 15 is 0 Å². The Morgan fingerprint density at radius 2 is 1.69 bits per heavy atom. The highest BCUT2D eigenvalue weighted by Gasteiger charge is 2.26. The van der Waals surface area contributed by atoms with Crippen LogP contribution in [0.4, 0.5) is 0 Å². The van der Waals surface area contributed by atoms with Crippen molar-refractivity contribution in [1.29, 1.82) is 0 Å². The molecule has 0 radical (unpaired) electrons. The van der Waals surface area contributed by atoms with E-state index in [1.165, 1.54) is 22.3 Å². The zero-order valence-corrected chi connectivity index (χ0v) is 20.4. The summed E-state index contributed by atoms with van der Waals surface area (Å²) in [5, 5.41) is 20.1. The summed E-state index contributed by atoms with van der Waals surface area (Å²) in [7, 11) is 0. The highest BCUT2D eigenvalue weighted by molar-refractivity contribution is 5.44. The second kappa shape index (κ2) is 10.1. The first-order valence-corrected chi connectivity index (χ1v) is 12.8. The Balaban J connectivity index is 1.16. The molecule has 2 bridgehead atoms. The predicted octanol–water partition coefficient (Wildman–Crippen LogP) is 7.07. The summed E-state index contributed by atoms with van der Waals surface area (Å²) in [6, 6.07) is 22.6. The first kappa shape index (κ1) is 23.4. The molecule has 180 valence electrons. The molecule has 4 N–H and O–H groups in total. The minimum Gasteiger partial charge on any atom is -0.508 e. The van der Waals surface area contributed by atoms with Gasteiger partial charge in [0.25, 0.3) is 0 Å². The summed E-state index contributed by atoms with van der Waals surface area (Å²) < 4.78 is 0. The number of hydrogen-bond acceptors (Lipinski definition) is 3. The lowest BCUT2D eigenvalue weighted by molar-refractivity contribution is 0.459. The van der Waals surface area contributed by atoms with Crippen molar-refractivity contribution in [3.8, 4) is 11.5 Å². The van der Waals surface area contributed by atoms with Gasteiger partial charge in [-0.15, -0.1) is 0 Å². The van der Waals surface area contributed by atoms with Crippen LogP contribution in [0.25, 0.3) is 0 Å². The number of fused-ring (bicyclic) bond motifs is 4. The SMILES string of the molecule is CC(Cc1ccc(C2C=CC(CC3CC(N)c4ccc3c(O)c4)=CC2)cc1)Cc1cccc(O)c1. The molecule has 0 fully saturated rings. The molecule has 0 heterocycles. The molecule has 35 heavy (non-hydrogen) atoms. The smallest absolute Gasteiger partial charge is 0.119 e. The number of benzene rings is 3. The average molecular weight is 466 g/mol. The minimum absolute atomic E-state index is 0.0135. The van der Waals surface area contributed by atoms with E-state index in [4.69, 9.17) is 5.73 Å². The maximum Gasteiger partial charge on any atom is 0.119 e. The molecule has 3 nitrogen and oxygen atoms in total. The Labute approximate surface area is 208 Å². The van der Waals surface area contributed by atoms with E-state index in [0.29, 0.717) is 23.3 Å². The molecule has 0 amide bonds. The molecular formula is C32H35NO2. The van der Waals surface area contributed by atoms with E-state index in [1.54, 1.807) is 6.07 Å². The van der Waals surface area contributed by atoms with E-state index in [0.717, 1.165) is 43.2 Å². The van der Waals surface area contributed by atoms with E-state index in [2.05, 4.69) is 61.5 Å². The molecule has 0 saturated heterocycles. The highest BCUT2D eigenvalue weighted by atomic mass is 16.3. The van der Waals surface area contributed by atoms with Crippen molar-refractivity contribution >= 4 is 0 Å². The third kappa shape index (κ3) is 5.52. The fourth-order valence-corrected chi connectivity index (χ4v) is 5.71. The number of allylic oxidation sites excluding steroid dienone is 4. The largest absolute Gasteiger partial charge is 0.508 e. The number of hydrogen-bond donors (Lipinski definition) is 3. The predicted molar refractivity (Wildman–Crippen MR) is 143 cm³/mol. The standard InChI is InChI=1S/C32H35NO2/c1-21(16-24-3-2-4-29(34)18-24)15-22-5-9-25(10-6-22)26-11-7-23(8-12-26)17-28-19-31(33)27-13-14-30(28)32(35)20-27/h2-11,13-14,18,20-21,26,28,31,34-35H,12,15-17,19,33H2,1H3. The maximum absolute atomic E-state index is 10.4. The lowest BCUT2D eigenvalue weighted by Gasteiger charge is -2.22. The van der Waals surface area contributed by atoms with E-state index in [9.17, 15) is 10.2 Å². The van der Waals surface area contributed by atoms with Crippen LogP contribution in [0.15, 0.2) is 90.5 Å². The number of phenols is 2.